The third-order valence-electron chi connectivity index (χ3n) is 4.92. The highest BCUT2D eigenvalue weighted by atomic mass is 32.1. The van der Waals surface area contributed by atoms with Gasteiger partial charge in [-0.1, -0.05) is 6.92 Å². The van der Waals surface area contributed by atoms with Crippen LogP contribution in [0.5, 0.6) is 0 Å². The van der Waals surface area contributed by atoms with Crippen LogP contribution in [0, 0.1) is 0 Å². The maximum absolute atomic E-state index is 12.4. The van der Waals surface area contributed by atoms with Crippen molar-refractivity contribution in [2.45, 2.75) is 32.6 Å². The molecule has 6 nitrogen and oxygen atoms in total. The molecule has 1 amide bonds. The van der Waals surface area contributed by atoms with Crippen LogP contribution in [0.1, 0.15) is 40.6 Å². The molecule has 0 bridgehead atoms. The van der Waals surface area contributed by atoms with Crippen molar-refractivity contribution in [2.24, 2.45) is 0 Å². The second kappa shape index (κ2) is 7.63. The standard InChI is InChI=1S/C17H25N3O3S/c1-2-19-7-9-20(10-8-19)11-14(21)18-16-15(17(22)23)12-5-3-4-6-13(12)24-16/h2-11H2,1H3,(H,18,21)(H,22,23). The Morgan fingerprint density at radius 2 is 1.79 bits per heavy atom. The van der Waals surface area contributed by atoms with Crippen LogP contribution in [-0.2, 0) is 17.6 Å². The number of carbonyl (C=O) groups excluding carboxylic acids is 1. The molecule has 3 rings (SSSR count). The van der Waals surface area contributed by atoms with Gasteiger partial charge in [-0.25, -0.2) is 4.79 Å². The molecule has 0 aromatic carbocycles. The third kappa shape index (κ3) is 3.79. The van der Waals surface area contributed by atoms with Gasteiger partial charge in [0.1, 0.15) is 5.00 Å². The van der Waals surface area contributed by atoms with E-state index >= 15 is 0 Å². The number of anilines is 1. The molecule has 0 spiro atoms. The van der Waals surface area contributed by atoms with Crippen molar-refractivity contribution in [1.82, 2.24) is 9.80 Å². The Kier molecular flexibility index (Phi) is 5.53. The summed E-state index contributed by atoms with van der Waals surface area (Å²) in [6, 6.07) is 0. The van der Waals surface area contributed by atoms with E-state index in [2.05, 4.69) is 22.0 Å². The molecule has 0 atom stereocenters. The van der Waals surface area contributed by atoms with Crippen LogP contribution in [0.2, 0.25) is 0 Å². The molecule has 7 heteroatoms. The number of hydrogen-bond donors (Lipinski definition) is 2. The first kappa shape index (κ1) is 17.4. The van der Waals surface area contributed by atoms with E-state index in [1.165, 1.54) is 11.3 Å². The van der Waals surface area contributed by atoms with Gasteiger partial charge < -0.3 is 15.3 Å². The summed E-state index contributed by atoms with van der Waals surface area (Å²) >= 11 is 1.45. The largest absolute Gasteiger partial charge is 0.478 e. The van der Waals surface area contributed by atoms with Crippen LogP contribution in [0.3, 0.4) is 0 Å². The zero-order chi connectivity index (χ0) is 17.1. The Bertz CT molecular complexity index is 621. The number of fused-ring (bicyclic) bond motifs is 1. The number of hydrogen-bond acceptors (Lipinski definition) is 5. The fraction of sp³-hybridized carbons (Fsp3) is 0.647. The Labute approximate surface area is 146 Å². The molecule has 0 saturated carbocycles. The van der Waals surface area contributed by atoms with E-state index in [0.29, 0.717) is 17.1 Å². The van der Waals surface area contributed by atoms with Crippen LogP contribution >= 0.6 is 11.3 Å². The van der Waals surface area contributed by atoms with Gasteiger partial charge in [-0.2, -0.15) is 0 Å². The minimum atomic E-state index is -0.929. The van der Waals surface area contributed by atoms with Crippen LogP contribution in [-0.4, -0.2) is 66.1 Å². The van der Waals surface area contributed by atoms with Crippen molar-refractivity contribution in [2.75, 3.05) is 44.6 Å². The van der Waals surface area contributed by atoms with E-state index in [4.69, 9.17) is 0 Å². The fourth-order valence-electron chi connectivity index (χ4n) is 3.51. The number of aryl methyl sites for hydroxylation is 1. The summed E-state index contributed by atoms with van der Waals surface area (Å²) in [7, 11) is 0. The smallest absolute Gasteiger partial charge is 0.339 e. The molecular formula is C17H25N3O3S. The monoisotopic (exact) mass is 351 g/mol. The van der Waals surface area contributed by atoms with Gasteiger partial charge >= 0.3 is 5.97 Å². The SMILES string of the molecule is CCN1CCN(CC(=O)Nc2sc3c(c2C(=O)O)CCCC3)CC1. The summed E-state index contributed by atoms with van der Waals surface area (Å²) < 4.78 is 0. The van der Waals surface area contributed by atoms with E-state index in [0.717, 1.165) is 68.8 Å². The number of nitrogens with one attached hydrogen (secondary N) is 1. The topological polar surface area (TPSA) is 72.9 Å². The molecular weight excluding hydrogens is 326 g/mol. The van der Waals surface area contributed by atoms with Gasteiger partial charge in [0.05, 0.1) is 12.1 Å². The van der Waals surface area contributed by atoms with E-state index < -0.39 is 5.97 Å². The molecule has 1 saturated heterocycles. The summed E-state index contributed by atoms with van der Waals surface area (Å²) in [4.78, 5) is 29.6. The highest BCUT2D eigenvalue weighted by Gasteiger charge is 2.26. The zero-order valence-electron chi connectivity index (χ0n) is 14.1. The number of likely N-dealkylation sites (N-methyl/N-ethyl adjacent to an activating group) is 1. The molecule has 1 aliphatic carbocycles. The second-order valence-electron chi connectivity index (χ2n) is 6.48. The fourth-order valence-corrected chi connectivity index (χ4v) is 4.81. The van der Waals surface area contributed by atoms with Crippen molar-refractivity contribution in [3.63, 3.8) is 0 Å². The van der Waals surface area contributed by atoms with Crippen LogP contribution in [0.15, 0.2) is 0 Å². The number of carboxylic acid groups (broad SMARTS) is 1. The van der Waals surface area contributed by atoms with Crippen molar-refractivity contribution >= 4 is 28.2 Å². The minimum Gasteiger partial charge on any atom is -0.478 e. The average molecular weight is 351 g/mol. The Balaban J connectivity index is 1.64. The molecule has 0 radical (unpaired) electrons. The van der Waals surface area contributed by atoms with Crippen molar-refractivity contribution < 1.29 is 14.7 Å². The van der Waals surface area contributed by atoms with E-state index in [1.807, 2.05) is 0 Å². The minimum absolute atomic E-state index is 0.110. The zero-order valence-corrected chi connectivity index (χ0v) is 15.0. The molecule has 2 heterocycles. The van der Waals surface area contributed by atoms with E-state index in [9.17, 15) is 14.7 Å². The summed E-state index contributed by atoms with van der Waals surface area (Å²) in [5.41, 5.74) is 1.25. The van der Waals surface area contributed by atoms with E-state index in [1.54, 1.807) is 0 Å². The molecule has 1 aliphatic heterocycles. The van der Waals surface area contributed by atoms with Crippen LogP contribution < -0.4 is 5.32 Å². The number of carbonyl (C=O) groups is 2. The van der Waals surface area contributed by atoms with Gasteiger partial charge in [0.15, 0.2) is 0 Å². The van der Waals surface area contributed by atoms with Crippen LogP contribution in [0.4, 0.5) is 5.00 Å². The van der Waals surface area contributed by atoms with Crippen molar-refractivity contribution in [3.05, 3.63) is 16.0 Å². The number of amides is 1. The lowest BCUT2D eigenvalue weighted by atomic mass is 9.95. The summed E-state index contributed by atoms with van der Waals surface area (Å²) in [5, 5.41) is 12.9. The number of carboxylic acids is 1. The molecule has 132 valence electrons. The predicted octanol–water partition coefficient (Wildman–Crippen LogP) is 1.90. The highest BCUT2D eigenvalue weighted by molar-refractivity contribution is 7.17. The Morgan fingerprint density at radius 1 is 1.12 bits per heavy atom. The second-order valence-corrected chi connectivity index (χ2v) is 7.58. The lowest BCUT2D eigenvalue weighted by molar-refractivity contribution is -0.117. The molecule has 0 unspecified atom stereocenters. The third-order valence-corrected chi connectivity index (χ3v) is 6.12. The maximum Gasteiger partial charge on any atom is 0.339 e. The number of rotatable bonds is 5. The molecule has 1 fully saturated rings. The van der Waals surface area contributed by atoms with Gasteiger partial charge in [-0.3, -0.25) is 9.69 Å². The summed E-state index contributed by atoms with van der Waals surface area (Å²) in [6.07, 6.45) is 3.86. The highest BCUT2D eigenvalue weighted by Crippen LogP contribution is 2.38. The number of nitrogens with zero attached hydrogens (tertiary/aromatic N) is 2. The maximum atomic E-state index is 12.4. The first-order chi connectivity index (χ1) is 11.6. The number of aromatic carboxylic acids is 1. The average Bonchev–Trinajstić information content (AvgIpc) is 2.93. The first-order valence-electron chi connectivity index (χ1n) is 8.71. The Hall–Kier alpha value is -1.44. The molecule has 2 aliphatic rings. The first-order valence-corrected chi connectivity index (χ1v) is 9.52. The molecule has 24 heavy (non-hydrogen) atoms. The quantitative estimate of drug-likeness (QED) is 0.848. The molecule has 1 aromatic rings. The lowest BCUT2D eigenvalue weighted by Crippen LogP contribution is -2.48. The Morgan fingerprint density at radius 3 is 2.46 bits per heavy atom. The van der Waals surface area contributed by atoms with Crippen LogP contribution in [0.25, 0.3) is 0 Å². The summed E-state index contributed by atoms with van der Waals surface area (Å²) in [5.74, 6) is -1.04. The van der Waals surface area contributed by atoms with Gasteiger partial charge in [0, 0.05) is 31.1 Å². The summed E-state index contributed by atoms with van der Waals surface area (Å²) in [6.45, 7) is 7.26. The van der Waals surface area contributed by atoms with Gasteiger partial charge in [0.2, 0.25) is 5.91 Å². The van der Waals surface area contributed by atoms with E-state index in [-0.39, 0.29) is 5.91 Å². The van der Waals surface area contributed by atoms with Gasteiger partial charge in [0.25, 0.3) is 0 Å². The number of thiophene rings is 1. The van der Waals surface area contributed by atoms with Crippen molar-refractivity contribution in [3.8, 4) is 0 Å². The molecule has 2 N–H and O–H groups in total. The molecule has 1 aromatic heterocycles. The predicted molar refractivity (Wildman–Crippen MR) is 95.1 cm³/mol. The lowest BCUT2D eigenvalue weighted by Gasteiger charge is -2.33. The van der Waals surface area contributed by atoms with Crippen molar-refractivity contribution in [1.29, 1.82) is 0 Å². The van der Waals surface area contributed by atoms with Gasteiger partial charge in [-0.15, -0.1) is 11.3 Å². The van der Waals surface area contributed by atoms with Gasteiger partial charge in [-0.05, 0) is 37.8 Å². The normalized spacial score (nSPS) is 19.0. The number of piperazine rings is 1.